The van der Waals surface area contributed by atoms with Crippen LogP contribution >= 0.6 is 0 Å². The van der Waals surface area contributed by atoms with E-state index in [0.29, 0.717) is 12.8 Å². The summed E-state index contributed by atoms with van der Waals surface area (Å²) < 4.78 is 67.6. The Hall–Kier alpha value is -2.15. The van der Waals surface area contributed by atoms with Crippen molar-refractivity contribution in [2.45, 2.75) is 62.8 Å². The summed E-state index contributed by atoms with van der Waals surface area (Å²) in [4.78, 5) is 51.6. The molecular formula is C20H25F2NO9S. The van der Waals surface area contributed by atoms with E-state index in [1.807, 2.05) is 0 Å². The Labute approximate surface area is 188 Å². The van der Waals surface area contributed by atoms with Crippen LogP contribution in [-0.4, -0.2) is 65.6 Å². The van der Waals surface area contributed by atoms with Crippen molar-refractivity contribution in [2.24, 2.45) is 29.6 Å². The third-order valence-electron chi connectivity index (χ3n) is 7.43. The molecule has 6 atom stereocenters. The number of carbonyl (C=O) groups excluding carboxylic acids is 4. The summed E-state index contributed by atoms with van der Waals surface area (Å²) >= 11 is 0. The van der Waals surface area contributed by atoms with E-state index in [2.05, 4.69) is 4.74 Å². The van der Waals surface area contributed by atoms with Gasteiger partial charge in [-0.05, 0) is 25.2 Å². The molecule has 3 saturated carbocycles. The van der Waals surface area contributed by atoms with Crippen LogP contribution in [0, 0.1) is 29.6 Å². The highest BCUT2D eigenvalue weighted by atomic mass is 32.2. The Morgan fingerprint density at radius 2 is 1.76 bits per heavy atom. The maximum Gasteiger partial charge on any atom is 0.402 e. The first-order valence-electron chi connectivity index (χ1n) is 10.9. The number of likely N-dealkylation sites (tertiary alicyclic amines) is 1. The van der Waals surface area contributed by atoms with Crippen LogP contribution in [-0.2, 0) is 38.8 Å². The average molecular weight is 493 g/mol. The van der Waals surface area contributed by atoms with Crippen LogP contribution in [0.4, 0.5) is 8.78 Å². The quantitative estimate of drug-likeness (QED) is 0.425. The smallest absolute Gasteiger partial charge is 0.402 e. The van der Waals surface area contributed by atoms with Crippen LogP contribution in [0.15, 0.2) is 0 Å². The number of ether oxygens (including phenoxy) is 2. The third kappa shape index (κ3) is 3.92. The average Bonchev–Trinajstić information content (AvgIpc) is 3.34. The molecule has 0 aromatic rings. The summed E-state index contributed by atoms with van der Waals surface area (Å²) in [6, 6.07) is -0.735. The zero-order valence-electron chi connectivity index (χ0n) is 17.8. The van der Waals surface area contributed by atoms with E-state index in [0.717, 1.165) is 24.2 Å². The van der Waals surface area contributed by atoms with Crippen LogP contribution in [0.3, 0.4) is 0 Å². The SMILES string of the molecule is CC(=O)N1C(=O)C2C3CC(C(OC(=O)C4CCCCC4)C31)C2C(=O)OCC(F)(F)S(=O)(=O)O. The van der Waals surface area contributed by atoms with Crippen molar-refractivity contribution >= 4 is 33.9 Å². The lowest BCUT2D eigenvalue weighted by Crippen LogP contribution is -2.48. The van der Waals surface area contributed by atoms with Gasteiger partial charge in [-0.1, -0.05) is 19.3 Å². The van der Waals surface area contributed by atoms with Crippen LogP contribution in [0.25, 0.3) is 0 Å². The van der Waals surface area contributed by atoms with Crippen molar-refractivity contribution in [1.82, 2.24) is 4.90 Å². The fourth-order valence-electron chi connectivity index (χ4n) is 6.05. The molecule has 4 aliphatic rings. The second kappa shape index (κ2) is 8.26. The number of hydrogen-bond acceptors (Lipinski definition) is 8. The number of rotatable bonds is 6. The fraction of sp³-hybridized carbons (Fsp3) is 0.800. The molecule has 0 aromatic heterocycles. The fourth-order valence-corrected chi connectivity index (χ4v) is 6.26. The second-order valence-electron chi connectivity index (χ2n) is 9.29. The molecule has 2 bridgehead atoms. The molecule has 0 spiro atoms. The molecule has 3 aliphatic carbocycles. The van der Waals surface area contributed by atoms with Gasteiger partial charge in [-0.15, -0.1) is 0 Å². The van der Waals surface area contributed by atoms with Gasteiger partial charge < -0.3 is 9.47 Å². The van der Waals surface area contributed by atoms with E-state index < -0.39 is 81.5 Å². The van der Waals surface area contributed by atoms with Crippen molar-refractivity contribution in [1.29, 1.82) is 0 Å². The van der Waals surface area contributed by atoms with Gasteiger partial charge in [0.05, 0.1) is 23.8 Å². The summed E-state index contributed by atoms with van der Waals surface area (Å²) in [6.45, 7) is -0.748. The highest BCUT2D eigenvalue weighted by Crippen LogP contribution is 2.60. The number of carbonyl (C=O) groups is 4. The molecule has 1 aliphatic heterocycles. The molecule has 2 amide bonds. The molecule has 1 saturated heterocycles. The molecule has 1 heterocycles. The van der Waals surface area contributed by atoms with E-state index in [1.165, 1.54) is 6.92 Å². The summed E-state index contributed by atoms with van der Waals surface area (Å²) in [5.41, 5.74) is 0. The van der Waals surface area contributed by atoms with Crippen LogP contribution in [0.5, 0.6) is 0 Å². The Morgan fingerprint density at radius 1 is 1.12 bits per heavy atom. The molecule has 0 radical (unpaired) electrons. The zero-order valence-corrected chi connectivity index (χ0v) is 18.6. The van der Waals surface area contributed by atoms with E-state index in [1.54, 1.807) is 0 Å². The van der Waals surface area contributed by atoms with Crippen molar-refractivity contribution < 1.29 is 50.4 Å². The normalized spacial score (nSPS) is 33.9. The van der Waals surface area contributed by atoms with Crippen molar-refractivity contribution in [3.8, 4) is 0 Å². The minimum atomic E-state index is -5.81. The van der Waals surface area contributed by atoms with Gasteiger partial charge in [0.25, 0.3) is 0 Å². The first-order valence-corrected chi connectivity index (χ1v) is 12.3. The van der Waals surface area contributed by atoms with Gasteiger partial charge in [0, 0.05) is 12.8 Å². The van der Waals surface area contributed by atoms with E-state index in [4.69, 9.17) is 9.29 Å². The minimum absolute atomic E-state index is 0.252. The largest absolute Gasteiger partial charge is 0.460 e. The number of hydrogen-bond donors (Lipinski definition) is 1. The standard InChI is InChI=1S/C20H25F2NO9S/c1-9(24)23-15-11-7-12(16(15)32-18(26)10-5-3-2-4-6-10)14(13(11)17(23)25)19(27)31-8-20(21,22)33(28,29)30/h10-16H,2-8H2,1H3,(H,28,29,30). The highest BCUT2D eigenvalue weighted by molar-refractivity contribution is 7.86. The van der Waals surface area contributed by atoms with Crippen LogP contribution in [0.1, 0.15) is 45.4 Å². The van der Waals surface area contributed by atoms with Gasteiger partial charge in [0.1, 0.15) is 6.10 Å². The van der Waals surface area contributed by atoms with Crippen LogP contribution in [0.2, 0.25) is 0 Å². The number of alkyl halides is 2. The van der Waals surface area contributed by atoms with Gasteiger partial charge in [0.2, 0.25) is 11.8 Å². The Morgan fingerprint density at radius 3 is 2.33 bits per heavy atom. The number of amides is 2. The van der Waals surface area contributed by atoms with Crippen molar-refractivity contribution in [3.63, 3.8) is 0 Å². The number of nitrogens with zero attached hydrogens (tertiary/aromatic N) is 1. The Balaban J connectivity index is 1.56. The third-order valence-corrected chi connectivity index (χ3v) is 8.31. The maximum atomic E-state index is 13.5. The molecule has 6 unspecified atom stereocenters. The highest BCUT2D eigenvalue weighted by Gasteiger charge is 2.72. The molecule has 4 rings (SSSR count). The number of halogens is 2. The number of esters is 2. The van der Waals surface area contributed by atoms with E-state index >= 15 is 0 Å². The van der Waals surface area contributed by atoms with E-state index in [9.17, 15) is 36.4 Å². The first kappa shape index (κ1) is 24.0. The zero-order chi connectivity index (χ0) is 24.3. The van der Waals surface area contributed by atoms with Gasteiger partial charge in [-0.2, -0.15) is 17.2 Å². The van der Waals surface area contributed by atoms with Crippen LogP contribution < -0.4 is 0 Å². The second-order valence-corrected chi connectivity index (χ2v) is 10.8. The lowest BCUT2D eigenvalue weighted by atomic mass is 9.78. The Bertz CT molecular complexity index is 978. The number of imide groups is 1. The molecule has 10 nitrogen and oxygen atoms in total. The predicted molar refractivity (Wildman–Crippen MR) is 104 cm³/mol. The summed E-state index contributed by atoms with van der Waals surface area (Å²) in [5.74, 6) is -6.83. The molecule has 4 fully saturated rings. The minimum Gasteiger partial charge on any atom is -0.460 e. The van der Waals surface area contributed by atoms with Gasteiger partial charge in [0.15, 0.2) is 6.61 Å². The summed E-state index contributed by atoms with van der Waals surface area (Å²) in [5, 5.41) is -4.72. The predicted octanol–water partition coefficient (Wildman–Crippen LogP) is 1.14. The monoisotopic (exact) mass is 493 g/mol. The van der Waals surface area contributed by atoms with Gasteiger partial charge >= 0.3 is 27.3 Å². The molecule has 184 valence electrons. The molecule has 13 heteroatoms. The first-order chi connectivity index (χ1) is 15.3. The molecule has 33 heavy (non-hydrogen) atoms. The van der Waals surface area contributed by atoms with Gasteiger partial charge in [-0.25, -0.2) is 0 Å². The van der Waals surface area contributed by atoms with E-state index in [-0.39, 0.29) is 12.3 Å². The van der Waals surface area contributed by atoms with Gasteiger partial charge in [-0.3, -0.25) is 28.6 Å². The topological polar surface area (TPSA) is 144 Å². The molecular weight excluding hydrogens is 468 g/mol. The number of fused-ring (bicyclic) bond motifs is 1. The van der Waals surface area contributed by atoms with Crippen molar-refractivity contribution in [2.75, 3.05) is 6.61 Å². The van der Waals surface area contributed by atoms with Crippen molar-refractivity contribution in [3.05, 3.63) is 0 Å². The summed E-state index contributed by atoms with van der Waals surface area (Å²) in [7, 11) is -5.81. The Kier molecular flexibility index (Phi) is 6.00. The summed E-state index contributed by atoms with van der Waals surface area (Å²) in [6.07, 6.45) is 3.33. The molecule has 1 N–H and O–H groups in total. The lowest BCUT2D eigenvalue weighted by molar-refractivity contribution is -0.170. The lowest BCUT2D eigenvalue weighted by Gasteiger charge is -2.34. The maximum absolute atomic E-state index is 13.5. The molecule has 0 aromatic carbocycles.